The molecule has 0 fully saturated rings. The van der Waals surface area contributed by atoms with Gasteiger partial charge in [-0.1, -0.05) is 48.5 Å². The quantitative estimate of drug-likeness (QED) is 0.271. The molecule has 1 atom stereocenters. The molecule has 1 unspecified atom stereocenters. The van der Waals surface area contributed by atoms with Crippen molar-refractivity contribution >= 4 is 41.6 Å². The molecule has 0 saturated carbocycles. The third kappa shape index (κ3) is 5.95. The van der Waals surface area contributed by atoms with Crippen LogP contribution in [0.25, 0.3) is 21.3 Å². The van der Waals surface area contributed by atoms with E-state index >= 15 is 0 Å². The molecule has 2 heterocycles. The van der Waals surface area contributed by atoms with Crippen molar-refractivity contribution in [2.75, 3.05) is 0 Å². The monoisotopic (exact) mass is 573 g/mol. The summed E-state index contributed by atoms with van der Waals surface area (Å²) in [5.74, 6) is -1.58. The normalized spacial score (nSPS) is 13.1. The molecule has 0 amide bonds. The second kappa shape index (κ2) is 10.3. The van der Waals surface area contributed by atoms with E-state index in [1.807, 2.05) is 47.2 Å². The average Bonchev–Trinajstić information content (AvgIpc) is 3.49. The van der Waals surface area contributed by atoms with Crippen LogP contribution in [0.3, 0.4) is 0 Å². The van der Waals surface area contributed by atoms with E-state index in [0.717, 1.165) is 33.2 Å². The first kappa shape index (κ1) is 26.1. The summed E-state index contributed by atoms with van der Waals surface area (Å²) in [7, 11) is -8.16. The number of hydrogen-bond donors (Lipinski definition) is 2. The summed E-state index contributed by atoms with van der Waals surface area (Å²) < 4.78 is 71.9. The second-order valence-electron chi connectivity index (χ2n) is 8.32. The fourth-order valence-corrected chi connectivity index (χ4v) is 7.29. The van der Waals surface area contributed by atoms with Crippen molar-refractivity contribution in [1.29, 1.82) is 0 Å². The molecule has 0 aliphatic carbocycles. The number of sulfone groups is 1. The Morgan fingerprint density at radius 2 is 1.74 bits per heavy atom. The zero-order chi connectivity index (χ0) is 26.9. The van der Waals surface area contributed by atoms with E-state index in [0.29, 0.717) is 5.52 Å². The molecule has 14 heteroatoms. The number of thiazole rings is 1. The van der Waals surface area contributed by atoms with Crippen LogP contribution in [0, 0.1) is 5.82 Å². The molecule has 0 bridgehead atoms. The van der Waals surface area contributed by atoms with Crippen molar-refractivity contribution < 1.29 is 25.6 Å². The fourth-order valence-electron chi connectivity index (χ4n) is 3.83. The maximum atomic E-state index is 13.8. The molecule has 0 spiro atoms. The van der Waals surface area contributed by atoms with Gasteiger partial charge in [0, 0.05) is 0 Å². The van der Waals surface area contributed by atoms with Crippen molar-refractivity contribution in [3.05, 3.63) is 101 Å². The zero-order valence-corrected chi connectivity index (χ0v) is 21.9. The predicted molar refractivity (Wildman–Crippen MR) is 140 cm³/mol. The molecule has 0 aliphatic rings. The molecule has 0 aliphatic heterocycles. The van der Waals surface area contributed by atoms with Crippen molar-refractivity contribution in [3.8, 4) is 11.1 Å². The first-order valence-corrected chi connectivity index (χ1v) is 15.2. The van der Waals surface area contributed by atoms with E-state index in [1.54, 1.807) is 6.07 Å². The van der Waals surface area contributed by atoms with E-state index in [9.17, 15) is 21.2 Å². The summed E-state index contributed by atoms with van der Waals surface area (Å²) in [6.45, 7) is -0.428. The summed E-state index contributed by atoms with van der Waals surface area (Å²) in [6, 6.07) is 20.5. The number of nitrogens with zero attached hydrogens (tertiary/aromatic N) is 3. The van der Waals surface area contributed by atoms with Crippen LogP contribution in [0.5, 0.6) is 0 Å². The average molecular weight is 574 g/mol. The lowest BCUT2D eigenvalue weighted by atomic mass is 10.1. The summed E-state index contributed by atoms with van der Waals surface area (Å²) in [5, 5.41) is 11.3. The van der Waals surface area contributed by atoms with E-state index < -0.39 is 43.4 Å². The number of fused-ring (bicyclic) bond motifs is 1. The lowest BCUT2D eigenvalue weighted by molar-refractivity contribution is 0.443. The Kier molecular flexibility index (Phi) is 7.07. The van der Waals surface area contributed by atoms with Gasteiger partial charge in [-0.05, 0) is 41.0 Å². The van der Waals surface area contributed by atoms with Crippen LogP contribution in [0.1, 0.15) is 27.6 Å². The molecular weight excluding hydrogens is 553 g/mol. The largest absolute Gasteiger partial charge is 0.422 e. The summed E-state index contributed by atoms with van der Waals surface area (Å²) in [6.07, 6.45) is 0. The number of aromatic nitrogens is 3. The molecule has 0 saturated heterocycles. The van der Waals surface area contributed by atoms with Crippen LogP contribution in [0.2, 0.25) is 0 Å². The van der Waals surface area contributed by atoms with Gasteiger partial charge in [0.2, 0.25) is 11.8 Å². The topological polar surface area (TPSA) is 158 Å². The molecule has 5 rings (SSSR count). The van der Waals surface area contributed by atoms with Crippen LogP contribution in [0.15, 0.2) is 77.2 Å². The standard InChI is InChI=1S/C24H20FN5O5S3/c25-18-8-4-5-15(11-18)14-37(31,32)22(23-30-29-21(35-23)13-27-38(26,33)34)24-28-19-10-9-17(12-20(19)36-24)16-6-2-1-3-7-16/h1-12,22,27H,13-14H2,(H2,26,33,34). The van der Waals surface area contributed by atoms with Crippen molar-refractivity contribution in [1.82, 2.24) is 19.9 Å². The SMILES string of the molecule is NS(=O)(=O)NCc1nnc(C(c2nc3ccc(-c4ccccc4)cc3s2)S(=O)(=O)Cc2cccc(F)c2)o1. The third-order valence-electron chi connectivity index (χ3n) is 5.48. The molecule has 38 heavy (non-hydrogen) atoms. The Morgan fingerprint density at radius 3 is 2.47 bits per heavy atom. The minimum atomic E-state index is -4.12. The van der Waals surface area contributed by atoms with E-state index in [-0.39, 0.29) is 22.4 Å². The molecule has 196 valence electrons. The smallest absolute Gasteiger partial charge is 0.274 e. The Balaban J connectivity index is 1.57. The number of rotatable bonds is 9. The Hall–Kier alpha value is -3.56. The van der Waals surface area contributed by atoms with Gasteiger partial charge in [0.1, 0.15) is 10.8 Å². The number of hydrogen-bond acceptors (Lipinski definition) is 9. The number of nitrogens with one attached hydrogen (secondary N) is 1. The number of halogens is 1. The van der Waals surface area contributed by atoms with Crippen LogP contribution in [-0.2, 0) is 32.3 Å². The van der Waals surface area contributed by atoms with Crippen LogP contribution in [0.4, 0.5) is 4.39 Å². The minimum absolute atomic E-state index is 0.177. The van der Waals surface area contributed by atoms with Gasteiger partial charge < -0.3 is 4.42 Å². The van der Waals surface area contributed by atoms with E-state index in [2.05, 4.69) is 15.2 Å². The van der Waals surface area contributed by atoms with Gasteiger partial charge in [0.15, 0.2) is 15.1 Å². The number of nitrogens with two attached hydrogens (primary N) is 1. The highest BCUT2D eigenvalue weighted by Gasteiger charge is 2.37. The maximum Gasteiger partial charge on any atom is 0.274 e. The van der Waals surface area contributed by atoms with Crippen LogP contribution in [-0.4, -0.2) is 32.0 Å². The summed E-state index contributed by atoms with van der Waals surface area (Å²) in [5.41, 5.74) is 2.73. The predicted octanol–water partition coefficient (Wildman–Crippen LogP) is 3.48. The first-order chi connectivity index (χ1) is 18.1. The van der Waals surface area contributed by atoms with Gasteiger partial charge in [-0.3, -0.25) is 0 Å². The third-order valence-corrected chi connectivity index (χ3v) is 9.14. The van der Waals surface area contributed by atoms with Gasteiger partial charge in [0.05, 0.1) is 22.5 Å². The van der Waals surface area contributed by atoms with Crippen molar-refractivity contribution in [2.24, 2.45) is 5.14 Å². The molecule has 10 nitrogen and oxygen atoms in total. The van der Waals surface area contributed by atoms with E-state index in [4.69, 9.17) is 9.56 Å². The molecular formula is C24H20FN5O5S3. The molecule has 0 radical (unpaired) electrons. The summed E-state index contributed by atoms with van der Waals surface area (Å²) in [4.78, 5) is 4.55. The minimum Gasteiger partial charge on any atom is -0.422 e. The summed E-state index contributed by atoms with van der Waals surface area (Å²) >= 11 is 1.15. The fraction of sp³-hybridized carbons (Fsp3) is 0.125. The van der Waals surface area contributed by atoms with Gasteiger partial charge in [0.25, 0.3) is 10.2 Å². The van der Waals surface area contributed by atoms with Crippen LogP contribution >= 0.6 is 11.3 Å². The van der Waals surface area contributed by atoms with E-state index in [1.165, 1.54) is 18.2 Å². The van der Waals surface area contributed by atoms with Gasteiger partial charge >= 0.3 is 0 Å². The molecule has 3 aromatic carbocycles. The Bertz CT molecular complexity index is 1820. The maximum absolute atomic E-state index is 13.8. The number of benzene rings is 3. The highest BCUT2D eigenvalue weighted by atomic mass is 32.2. The molecule has 2 aromatic heterocycles. The van der Waals surface area contributed by atoms with Crippen molar-refractivity contribution in [3.63, 3.8) is 0 Å². The van der Waals surface area contributed by atoms with Crippen LogP contribution < -0.4 is 9.86 Å². The first-order valence-electron chi connectivity index (χ1n) is 11.1. The van der Waals surface area contributed by atoms with Crippen molar-refractivity contribution in [2.45, 2.75) is 17.5 Å². The molecule has 5 aromatic rings. The van der Waals surface area contributed by atoms with Gasteiger partial charge in [-0.15, -0.1) is 21.5 Å². The zero-order valence-electron chi connectivity index (χ0n) is 19.5. The second-order valence-corrected chi connectivity index (χ2v) is 12.8. The van der Waals surface area contributed by atoms with Gasteiger partial charge in [-0.25, -0.2) is 22.9 Å². The van der Waals surface area contributed by atoms with Gasteiger partial charge in [-0.2, -0.15) is 13.1 Å². The Morgan fingerprint density at radius 1 is 0.947 bits per heavy atom. The molecule has 3 N–H and O–H groups in total. The highest BCUT2D eigenvalue weighted by molar-refractivity contribution is 7.91. The highest BCUT2D eigenvalue weighted by Crippen LogP contribution is 2.38. The lowest BCUT2D eigenvalue weighted by Gasteiger charge is -2.12. The Labute approximate surface area is 221 Å². The lowest BCUT2D eigenvalue weighted by Crippen LogP contribution is -2.30.